The number of aromatic nitrogens is 1. The van der Waals surface area contributed by atoms with Crippen molar-refractivity contribution in [2.45, 2.75) is 20.8 Å². The molecule has 0 spiro atoms. The van der Waals surface area contributed by atoms with Gasteiger partial charge in [-0.3, -0.25) is 9.59 Å². The third kappa shape index (κ3) is 3.68. The summed E-state index contributed by atoms with van der Waals surface area (Å²) in [5.74, 6) is -1.45. The SMILES string of the molecule is CC(=O)NOC(=O)c1[nH]c(C)c(C(=O)c2cccc(Br)c2)c1C. The molecule has 1 amide bonds. The van der Waals surface area contributed by atoms with Gasteiger partial charge in [0, 0.05) is 28.2 Å². The Morgan fingerprint density at radius 2 is 1.91 bits per heavy atom. The van der Waals surface area contributed by atoms with Crippen LogP contribution in [-0.2, 0) is 9.63 Å². The molecule has 0 aliphatic heterocycles. The predicted octanol–water partition coefficient (Wildman–Crippen LogP) is 2.83. The Morgan fingerprint density at radius 1 is 1.22 bits per heavy atom. The maximum atomic E-state index is 12.7. The van der Waals surface area contributed by atoms with Crippen molar-refractivity contribution in [3.8, 4) is 0 Å². The van der Waals surface area contributed by atoms with Gasteiger partial charge in [-0.2, -0.15) is 5.48 Å². The van der Waals surface area contributed by atoms with E-state index in [1.54, 1.807) is 32.0 Å². The second kappa shape index (κ2) is 6.78. The van der Waals surface area contributed by atoms with Crippen LogP contribution in [0.15, 0.2) is 28.7 Å². The monoisotopic (exact) mass is 378 g/mol. The van der Waals surface area contributed by atoms with E-state index in [-0.39, 0.29) is 11.5 Å². The molecule has 2 rings (SSSR count). The van der Waals surface area contributed by atoms with Gasteiger partial charge in [-0.1, -0.05) is 28.1 Å². The van der Waals surface area contributed by atoms with E-state index in [2.05, 4.69) is 25.8 Å². The summed E-state index contributed by atoms with van der Waals surface area (Å²) in [7, 11) is 0. The molecule has 0 saturated heterocycles. The molecule has 0 saturated carbocycles. The molecule has 0 aliphatic rings. The summed E-state index contributed by atoms with van der Waals surface area (Å²) in [5, 5.41) is 0. The number of H-pyrrole nitrogens is 1. The Labute approximate surface area is 141 Å². The van der Waals surface area contributed by atoms with Gasteiger partial charge < -0.3 is 9.82 Å². The number of carbonyl (C=O) groups excluding carboxylic acids is 3. The van der Waals surface area contributed by atoms with E-state index in [1.807, 2.05) is 11.5 Å². The molecule has 0 radical (unpaired) electrons. The lowest BCUT2D eigenvalue weighted by Gasteiger charge is -2.04. The number of ketones is 1. The lowest BCUT2D eigenvalue weighted by molar-refractivity contribution is -0.127. The first-order chi connectivity index (χ1) is 10.8. The van der Waals surface area contributed by atoms with Crippen LogP contribution in [0, 0.1) is 13.8 Å². The van der Waals surface area contributed by atoms with E-state index >= 15 is 0 Å². The number of amides is 1. The molecule has 120 valence electrons. The molecule has 2 N–H and O–H groups in total. The summed E-state index contributed by atoms with van der Waals surface area (Å²) >= 11 is 3.33. The first-order valence-corrected chi connectivity index (χ1v) is 7.57. The van der Waals surface area contributed by atoms with Gasteiger partial charge in [0.25, 0.3) is 0 Å². The zero-order valence-corrected chi connectivity index (χ0v) is 14.4. The predicted molar refractivity (Wildman–Crippen MR) is 87.1 cm³/mol. The Hall–Kier alpha value is -2.41. The van der Waals surface area contributed by atoms with E-state index in [9.17, 15) is 14.4 Å². The molecule has 0 atom stereocenters. The van der Waals surface area contributed by atoms with Crippen molar-refractivity contribution in [3.63, 3.8) is 0 Å². The average molecular weight is 379 g/mol. The van der Waals surface area contributed by atoms with Crippen molar-refractivity contribution < 1.29 is 19.2 Å². The van der Waals surface area contributed by atoms with E-state index in [0.29, 0.717) is 22.4 Å². The van der Waals surface area contributed by atoms with Gasteiger partial charge in [-0.15, -0.1) is 0 Å². The number of hydrogen-bond donors (Lipinski definition) is 2. The summed E-state index contributed by atoms with van der Waals surface area (Å²) in [6.45, 7) is 4.58. The number of carbonyl (C=O) groups is 3. The highest BCUT2D eigenvalue weighted by atomic mass is 79.9. The summed E-state index contributed by atoms with van der Waals surface area (Å²) in [6.07, 6.45) is 0. The molecule has 1 aromatic carbocycles. The van der Waals surface area contributed by atoms with Gasteiger partial charge in [0.15, 0.2) is 5.78 Å². The topological polar surface area (TPSA) is 88.3 Å². The standard InChI is InChI=1S/C16H15BrN2O4/c1-8-13(15(21)11-5-4-6-12(17)7-11)9(2)18-14(8)16(22)23-19-10(3)20/h4-7,18H,1-3H3,(H,19,20). The minimum atomic E-state index is -0.755. The van der Waals surface area contributed by atoms with Crippen molar-refractivity contribution >= 4 is 33.6 Å². The van der Waals surface area contributed by atoms with Gasteiger partial charge in [-0.25, -0.2) is 4.79 Å². The molecular weight excluding hydrogens is 364 g/mol. The lowest BCUT2D eigenvalue weighted by atomic mass is 10.00. The normalized spacial score (nSPS) is 10.3. The van der Waals surface area contributed by atoms with Crippen LogP contribution in [0.2, 0.25) is 0 Å². The van der Waals surface area contributed by atoms with Crippen LogP contribution in [-0.4, -0.2) is 22.6 Å². The maximum absolute atomic E-state index is 12.7. The third-order valence-electron chi connectivity index (χ3n) is 3.24. The van der Waals surface area contributed by atoms with Gasteiger partial charge in [-0.05, 0) is 31.5 Å². The Balaban J connectivity index is 2.36. The first-order valence-electron chi connectivity index (χ1n) is 6.78. The first kappa shape index (κ1) is 17.0. The van der Waals surface area contributed by atoms with Gasteiger partial charge >= 0.3 is 5.97 Å². The average Bonchev–Trinajstić information content (AvgIpc) is 2.79. The summed E-state index contributed by atoms with van der Waals surface area (Å²) in [5.41, 5.74) is 4.06. The number of aryl methyl sites for hydroxylation is 1. The second-order valence-corrected chi connectivity index (χ2v) is 5.93. The van der Waals surface area contributed by atoms with Gasteiger partial charge in [0.05, 0.1) is 0 Å². The van der Waals surface area contributed by atoms with E-state index in [4.69, 9.17) is 0 Å². The highest BCUT2D eigenvalue weighted by Gasteiger charge is 2.24. The smallest absolute Gasteiger partial charge is 0.352 e. The molecule has 2 aromatic rings. The van der Waals surface area contributed by atoms with Gasteiger partial charge in [0.2, 0.25) is 5.91 Å². The molecule has 0 unspecified atom stereocenters. The number of nitrogens with one attached hydrogen (secondary N) is 2. The van der Waals surface area contributed by atoms with Crippen LogP contribution >= 0.6 is 15.9 Å². The molecule has 0 aliphatic carbocycles. The molecular formula is C16H15BrN2O4. The highest BCUT2D eigenvalue weighted by Crippen LogP contribution is 2.23. The number of hydroxylamine groups is 1. The number of aromatic amines is 1. The molecule has 23 heavy (non-hydrogen) atoms. The highest BCUT2D eigenvalue weighted by molar-refractivity contribution is 9.10. The van der Waals surface area contributed by atoms with Crippen LogP contribution in [0.25, 0.3) is 0 Å². The van der Waals surface area contributed by atoms with Crippen LogP contribution in [0.1, 0.15) is 44.6 Å². The Kier molecular flexibility index (Phi) is 5.00. The minimum Gasteiger partial charge on any atom is -0.352 e. The van der Waals surface area contributed by atoms with Crippen molar-refractivity contribution in [3.05, 3.63) is 56.8 Å². The zero-order chi connectivity index (χ0) is 17.1. The second-order valence-electron chi connectivity index (χ2n) is 5.01. The number of benzene rings is 1. The zero-order valence-electron chi connectivity index (χ0n) is 12.8. The molecule has 0 fully saturated rings. The fourth-order valence-corrected chi connectivity index (χ4v) is 2.64. The van der Waals surface area contributed by atoms with E-state index < -0.39 is 11.9 Å². The van der Waals surface area contributed by atoms with Crippen LogP contribution < -0.4 is 5.48 Å². The summed E-state index contributed by atoms with van der Waals surface area (Å²) in [4.78, 5) is 42.9. The third-order valence-corrected chi connectivity index (χ3v) is 3.74. The molecule has 1 heterocycles. The quantitative estimate of drug-likeness (QED) is 0.634. The Morgan fingerprint density at radius 3 is 2.52 bits per heavy atom. The molecule has 7 heteroatoms. The number of hydrogen-bond acceptors (Lipinski definition) is 4. The lowest BCUT2D eigenvalue weighted by Crippen LogP contribution is -2.25. The van der Waals surface area contributed by atoms with E-state index in [1.165, 1.54) is 6.92 Å². The number of rotatable bonds is 3. The largest absolute Gasteiger partial charge is 0.379 e. The minimum absolute atomic E-state index is 0.134. The summed E-state index contributed by atoms with van der Waals surface area (Å²) in [6, 6.07) is 7.00. The summed E-state index contributed by atoms with van der Waals surface area (Å²) < 4.78 is 0.791. The van der Waals surface area contributed by atoms with Crippen LogP contribution in [0.4, 0.5) is 0 Å². The maximum Gasteiger partial charge on any atom is 0.379 e. The van der Waals surface area contributed by atoms with Crippen LogP contribution in [0.5, 0.6) is 0 Å². The van der Waals surface area contributed by atoms with Crippen molar-refractivity contribution in [1.82, 2.24) is 10.5 Å². The van der Waals surface area contributed by atoms with Crippen molar-refractivity contribution in [2.24, 2.45) is 0 Å². The van der Waals surface area contributed by atoms with Crippen LogP contribution in [0.3, 0.4) is 0 Å². The van der Waals surface area contributed by atoms with Crippen molar-refractivity contribution in [1.29, 1.82) is 0 Å². The Bertz CT molecular complexity index is 795. The van der Waals surface area contributed by atoms with E-state index in [0.717, 1.165) is 4.47 Å². The number of halogens is 1. The molecule has 0 bridgehead atoms. The molecule has 6 nitrogen and oxygen atoms in total. The van der Waals surface area contributed by atoms with Gasteiger partial charge in [0.1, 0.15) is 5.69 Å². The van der Waals surface area contributed by atoms with Crippen molar-refractivity contribution in [2.75, 3.05) is 0 Å². The fraction of sp³-hybridized carbons (Fsp3) is 0.188. The fourth-order valence-electron chi connectivity index (χ4n) is 2.24. The molecule has 1 aromatic heterocycles.